The number of unbranched alkanes of at least 4 members (excludes halogenated alkanes) is 2. The number of alkyl halides is 3. The summed E-state index contributed by atoms with van der Waals surface area (Å²) in [5.41, 5.74) is -0.940. The molecule has 1 N–H and O–H groups in total. The standard InChI is InChI=1S/C16H17F3N2O2/c1-2-3-6-9-21-14(10-13(20-21)15(22)23)11-7-4-5-8-12(11)16(17,18)19/h4-5,7-8,10H,2-3,6,9H2,1H3,(H,22,23). The topological polar surface area (TPSA) is 55.1 Å². The number of aryl methyl sites for hydroxylation is 1. The van der Waals surface area contributed by atoms with Crippen molar-refractivity contribution in [2.24, 2.45) is 0 Å². The van der Waals surface area contributed by atoms with Crippen LogP contribution in [-0.2, 0) is 12.7 Å². The van der Waals surface area contributed by atoms with Gasteiger partial charge in [-0.2, -0.15) is 18.3 Å². The van der Waals surface area contributed by atoms with Crippen molar-refractivity contribution in [3.8, 4) is 11.3 Å². The molecule has 0 radical (unpaired) electrons. The highest BCUT2D eigenvalue weighted by atomic mass is 19.4. The molecule has 1 aromatic carbocycles. The van der Waals surface area contributed by atoms with Crippen molar-refractivity contribution in [2.75, 3.05) is 0 Å². The van der Waals surface area contributed by atoms with Gasteiger partial charge in [-0.3, -0.25) is 4.68 Å². The number of hydrogen-bond donors (Lipinski definition) is 1. The molecule has 1 heterocycles. The number of carboxylic acids is 1. The van der Waals surface area contributed by atoms with Crippen molar-refractivity contribution >= 4 is 5.97 Å². The van der Waals surface area contributed by atoms with Crippen LogP contribution in [0.5, 0.6) is 0 Å². The Kier molecular flexibility index (Phi) is 5.08. The van der Waals surface area contributed by atoms with Crippen LogP contribution in [-0.4, -0.2) is 20.9 Å². The second kappa shape index (κ2) is 6.85. The Morgan fingerprint density at radius 2 is 1.96 bits per heavy atom. The molecule has 0 aliphatic rings. The van der Waals surface area contributed by atoms with Gasteiger partial charge in [-0.25, -0.2) is 4.79 Å². The Morgan fingerprint density at radius 1 is 1.26 bits per heavy atom. The molecule has 1 aromatic heterocycles. The van der Waals surface area contributed by atoms with Gasteiger partial charge in [0.05, 0.1) is 11.3 Å². The maximum atomic E-state index is 13.2. The van der Waals surface area contributed by atoms with Crippen LogP contribution >= 0.6 is 0 Å². The summed E-state index contributed by atoms with van der Waals surface area (Å²) in [5.74, 6) is -1.26. The molecule has 4 nitrogen and oxygen atoms in total. The SMILES string of the molecule is CCCCCn1nc(C(=O)O)cc1-c1ccccc1C(F)(F)F. The molecule has 0 spiro atoms. The Labute approximate surface area is 131 Å². The lowest BCUT2D eigenvalue weighted by Gasteiger charge is -2.14. The second-order valence-electron chi connectivity index (χ2n) is 5.19. The van der Waals surface area contributed by atoms with E-state index >= 15 is 0 Å². The molecule has 0 amide bonds. The van der Waals surface area contributed by atoms with Crippen LogP contribution in [0.1, 0.15) is 42.2 Å². The normalized spacial score (nSPS) is 11.7. The fourth-order valence-corrected chi connectivity index (χ4v) is 2.37. The Bertz CT molecular complexity index is 693. The van der Waals surface area contributed by atoms with Crippen molar-refractivity contribution in [2.45, 2.75) is 38.9 Å². The number of carboxylic acid groups (broad SMARTS) is 1. The molecular weight excluding hydrogens is 309 g/mol. The highest BCUT2D eigenvalue weighted by Crippen LogP contribution is 2.37. The summed E-state index contributed by atoms with van der Waals surface area (Å²) in [5, 5.41) is 13.0. The minimum atomic E-state index is -4.52. The highest BCUT2D eigenvalue weighted by Gasteiger charge is 2.34. The van der Waals surface area contributed by atoms with Gasteiger partial charge in [0.1, 0.15) is 0 Å². The van der Waals surface area contributed by atoms with E-state index in [1.54, 1.807) is 0 Å². The van der Waals surface area contributed by atoms with E-state index < -0.39 is 17.7 Å². The number of hydrogen-bond acceptors (Lipinski definition) is 2. The molecule has 2 aromatic rings. The van der Waals surface area contributed by atoms with Crippen LogP contribution in [0.2, 0.25) is 0 Å². The molecule has 23 heavy (non-hydrogen) atoms. The minimum absolute atomic E-state index is 0.0588. The van der Waals surface area contributed by atoms with E-state index in [1.165, 1.54) is 28.9 Å². The number of carbonyl (C=O) groups is 1. The molecule has 0 saturated carbocycles. The Morgan fingerprint density at radius 3 is 2.57 bits per heavy atom. The second-order valence-corrected chi connectivity index (χ2v) is 5.19. The van der Waals surface area contributed by atoms with E-state index in [1.807, 2.05) is 6.92 Å². The van der Waals surface area contributed by atoms with Crippen molar-refractivity contribution in [3.05, 3.63) is 41.6 Å². The fourth-order valence-electron chi connectivity index (χ4n) is 2.37. The van der Waals surface area contributed by atoms with Gasteiger partial charge in [0.2, 0.25) is 0 Å². The minimum Gasteiger partial charge on any atom is -0.476 e. The summed E-state index contributed by atoms with van der Waals surface area (Å²) in [4.78, 5) is 11.1. The summed E-state index contributed by atoms with van der Waals surface area (Å²) in [6.07, 6.45) is -1.96. The van der Waals surface area contributed by atoms with E-state index in [4.69, 9.17) is 5.11 Å². The molecule has 0 aliphatic heterocycles. The molecule has 2 rings (SSSR count). The predicted molar refractivity (Wildman–Crippen MR) is 79.1 cm³/mol. The molecule has 0 saturated heterocycles. The van der Waals surface area contributed by atoms with E-state index in [0.29, 0.717) is 6.54 Å². The zero-order chi connectivity index (χ0) is 17.0. The van der Waals surface area contributed by atoms with Crippen LogP contribution in [0.15, 0.2) is 30.3 Å². The number of aromatic nitrogens is 2. The summed E-state index contributed by atoms with van der Waals surface area (Å²) in [6.45, 7) is 2.38. The van der Waals surface area contributed by atoms with Crippen molar-refractivity contribution in [1.29, 1.82) is 0 Å². The highest BCUT2D eigenvalue weighted by molar-refractivity contribution is 5.87. The molecule has 0 atom stereocenters. The number of rotatable bonds is 6. The van der Waals surface area contributed by atoms with Crippen LogP contribution in [0.25, 0.3) is 11.3 Å². The van der Waals surface area contributed by atoms with Gasteiger partial charge in [0.25, 0.3) is 0 Å². The van der Waals surface area contributed by atoms with Gasteiger partial charge in [-0.1, -0.05) is 38.0 Å². The Balaban J connectivity index is 2.52. The molecule has 0 fully saturated rings. The summed E-state index contributed by atoms with van der Waals surface area (Å²) >= 11 is 0. The monoisotopic (exact) mass is 326 g/mol. The maximum absolute atomic E-state index is 13.2. The lowest BCUT2D eigenvalue weighted by molar-refractivity contribution is -0.137. The third-order valence-corrected chi connectivity index (χ3v) is 3.48. The average molecular weight is 326 g/mol. The largest absolute Gasteiger partial charge is 0.476 e. The summed E-state index contributed by atoms with van der Waals surface area (Å²) < 4.78 is 40.9. The van der Waals surface area contributed by atoms with E-state index in [-0.39, 0.29) is 17.0 Å². The predicted octanol–water partition coefficient (Wildman–Crippen LogP) is 4.46. The Hall–Kier alpha value is -2.31. The average Bonchev–Trinajstić information content (AvgIpc) is 2.91. The molecule has 0 aliphatic carbocycles. The van der Waals surface area contributed by atoms with E-state index in [9.17, 15) is 18.0 Å². The molecule has 124 valence electrons. The van der Waals surface area contributed by atoms with Crippen LogP contribution in [0.4, 0.5) is 13.2 Å². The van der Waals surface area contributed by atoms with Crippen molar-refractivity contribution in [1.82, 2.24) is 9.78 Å². The van der Waals surface area contributed by atoms with Crippen LogP contribution in [0.3, 0.4) is 0 Å². The number of halogens is 3. The molecule has 0 bridgehead atoms. The van der Waals surface area contributed by atoms with Crippen molar-refractivity contribution in [3.63, 3.8) is 0 Å². The third kappa shape index (κ3) is 3.91. The third-order valence-electron chi connectivity index (χ3n) is 3.48. The first-order valence-corrected chi connectivity index (χ1v) is 7.32. The van der Waals surface area contributed by atoms with Crippen molar-refractivity contribution < 1.29 is 23.1 Å². The lowest BCUT2D eigenvalue weighted by atomic mass is 10.0. The molecular formula is C16H17F3N2O2. The van der Waals surface area contributed by atoms with Gasteiger partial charge >= 0.3 is 12.1 Å². The quantitative estimate of drug-likeness (QED) is 0.798. The van der Waals surface area contributed by atoms with E-state index in [2.05, 4.69) is 5.10 Å². The lowest BCUT2D eigenvalue weighted by Crippen LogP contribution is -2.10. The van der Waals surface area contributed by atoms with Gasteiger partial charge in [0, 0.05) is 12.1 Å². The van der Waals surface area contributed by atoms with Crippen LogP contribution < -0.4 is 0 Å². The van der Waals surface area contributed by atoms with E-state index in [0.717, 1.165) is 25.3 Å². The molecule has 7 heteroatoms. The van der Waals surface area contributed by atoms with Gasteiger partial charge in [0.15, 0.2) is 5.69 Å². The van der Waals surface area contributed by atoms with Crippen LogP contribution in [0, 0.1) is 0 Å². The number of nitrogens with zero attached hydrogens (tertiary/aromatic N) is 2. The van der Waals surface area contributed by atoms with Gasteiger partial charge in [-0.05, 0) is 18.6 Å². The van der Waals surface area contributed by atoms with Gasteiger partial charge < -0.3 is 5.11 Å². The zero-order valence-corrected chi connectivity index (χ0v) is 12.6. The number of benzene rings is 1. The van der Waals surface area contributed by atoms with Gasteiger partial charge in [-0.15, -0.1) is 0 Å². The molecule has 0 unspecified atom stereocenters. The first-order valence-electron chi connectivity index (χ1n) is 7.32. The first kappa shape index (κ1) is 17.1. The summed E-state index contributed by atoms with van der Waals surface area (Å²) in [6, 6.07) is 6.32. The smallest absolute Gasteiger partial charge is 0.417 e. The summed E-state index contributed by atoms with van der Waals surface area (Å²) in [7, 11) is 0. The zero-order valence-electron chi connectivity index (χ0n) is 12.6. The fraction of sp³-hybridized carbons (Fsp3) is 0.375. The first-order chi connectivity index (χ1) is 10.8. The maximum Gasteiger partial charge on any atom is 0.417 e. The number of aromatic carboxylic acids is 1.